The van der Waals surface area contributed by atoms with Gasteiger partial charge in [-0.2, -0.15) is 0 Å². The van der Waals surface area contributed by atoms with E-state index in [9.17, 15) is 9.59 Å². The SMILES string of the molecule is C[C@H](OC(=O)c1ccc(Cl)cc1N)C(=O)Nc1ccccc1. The second-order valence-corrected chi connectivity index (χ2v) is 5.07. The fourth-order valence-electron chi connectivity index (χ4n) is 1.76. The predicted octanol–water partition coefficient (Wildman–Crippen LogP) is 3.11. The number of hydrogen-bond acceptors (Lipinski definition) is 4. The summed E-state index contributed by atoms with van der Waals surface area (Å²) in [6.07, 6.45) is -0.956. The zero-order chi connectivity index (χ0) is 16.1. The molecule has 0 aliphatic carbocycles. The molecule has 0 aliphatic rings. The van der Waals surface area contributed by atoms with Crippen LogP contribution in [-0.4, -0.2) is 18.0 Å². The van der Waals surface area contributed by atoms with Gasteiger partial charge in [0.1, 0.15) is 0 Å². The van der Waals surface area contributed by atoms with Crippen LogP contribution in [-0.2, 0) is 9.53 Å². The van der Waals surface area contributed by atoms with Crippen molar-refractivity contribution in [3.8, 4) is 0 Å². The number of benzene rings is 2. The van der Waals surface area contributed by atoms with Gasteiger partial charge in [0.25, 0.3) is 5.91 Å². The average molecular weight is 319 g/mol. The van der Waals surface area contributed by atoms with Gasteiger partial charge < -0.3 is 15.8 Å². The number of para-hydroxylation sites is 1. The molecule has 0 heterocycles. The number of nitrogens with one attached hydrogen (secondary N) is 1. The molecule has 2 aromatic carbocycles. The van der Waals surface area contributed by atoms with Crippen LogP contribution in [0.5, 0.6) is 0 Å². The molecule has 0 radical (unpaired) electrons. The van der Waals surface area contributed by atoms with Crippen molar-refractivity contribution < 1.29 is 14.3 Å². The highest BCUT2D eigenvalue weighted by Gasteiger charge is 2.20. The number of carbonyl (C=O) groups is 2. The van der Waals surface area contributed by atoms with E-state index < -0.39 is 18.0 Å². The van der Waals surface area contributed by atoms with Crippen molar-refractivity contribution in [2.75, 3.05) is 11.1 Å². The minimum Gasteiger partial charge on any atom is -0.449 e. The van der Waals surface area contributed by atoms with Gasteiger partial charge >= 0.3 is 5.97 Å². The van der Waals surface area contributed by atoms with Gasteiger partial charge in [0.2, 0.25) is 0 Å². The molecule has 0 unspecified atom stereocenters. The van der Waals surface area contributed by atoms with Gasteiger partial charge in [-0.3, -0.25) is 4.79 Å². The molecular weight excluding hydrogens is 304 g/mol. The van der Waals surface area contributed by atoms with E-state index in [2.05, 4.69) is 5.32 Å². The topological polar surface area (TPSA) is 81.4 Å². The van der Waals surface area contributed by atoms with Crippen LogP contribution < -0.4 is 11.1 Å². The van der Waals surface area contributed by atoms with E-state index in [4.69, 9.17) is 22.1 Å². The first-order valence-electron chi connectivity index (χ1n) is 6.59. The molecule has 0 bridgehead atoms. The first-order valence-corrected chi connectivity index (χ1v) is 6.97. The van der Waals surface area contributed by atoms with Crippen molar-refractivity contribution in [1.82, 2.24) is 0 Å². The number of hydrogen-bond donors (Lipinski definition) is 2. The monoisotopic (exact) mass is 318 g/mol. The molecule has 0 saturated carbocycles. The van der Waals surface area contributed by atoms with E-state index in [0.29, 0.717) is 10.7 Å². The van der Waals surface area contributed by atoms with Gasteiger partial charge in [0, 0.05) is 16.4 Å². The second kappa shape index (κ2) is 6.95. The summed E-state index contributed by atoms with van der Waals surface area (Å²) in [5.41, 5.74) is 6.71. The Kier molecular flexibility index (Phi) is 5.01. The molecule has 0 saturated heterocycles. The molecule has 0 aliphatic heterocycles. The number of amides is 1. The smallest absolute Gasteiger partial charge is 0.341 e. The maximum absolute atomic E-state index is 12.0. The van der Waals surface area contributed by atoms with Crippen LogP contribution in [0.25, 0.3) is 0 Å². The Balaban J connectivity index is 2.00. The number of halogens is 1. The van der Waals surface area contributed by atoms with Crippen LogP contribution in [0.3, 0.4) is 0 Å². The van der Waals surface area contributed by atoms with Crippen LogP contribution >= 0.6 is 11.6 Å². The lowest BCUT2D eigenvalue weighted by Gasteiger charge is -2.14. The Labute approximate surface area is 133 Å². The third-order valence-electron chi connectivity index (χ3n) is 2.93. The number of ether oxygens (including phenoxy) is 1. The lowest BCUT2D eigenvalue weighted by Crippen LogP contribution is -2.30. The second-order valence-electron chi connectivity index (χ2n) is 4.63. The normalized spacial score (nSPS) is 11.5. The number of nitrogens with two attached hydrogens (primary N) is 1. The van der Waals surface area contributed by atoms with Crippen LogP contribution in [0.1, 0.15) is 17.3 Å². The van der Waals surface area contributed by atoms with Crippen LogP contribution in [0.4, 0.5) is 11.4 Å². The molecule has 3 N–H and O–H groups in total. The first kappa shape index (κ1) is 15.9. The highest BCUT2D eigenvalue weighted by Crippen LogP contribution is 2.19. The minimum absolute atomic E-state index is 0.170. The summed E-state index contributed by atoms with van der Waals surface area (Å²) in [5, 5.41) is 3.07. The van der Waals surface area contributed by atoms with E-state index in [1.807, 2.05) is 6.07 Å². The number of anilines is 2. The minimum atomic E-state index is -0.956. The fourth-order valence-corrected chi connectivity index (χ4v) is 1.94. The molecule has 22 heavy (non-hydrogen) atoms. The van der Waals surface area contributed by atoms with Crippen molar-refractivity contribution in [1.29, 1.82) is 0 Å². The van der Waals surface area contributed by atoms with Gasteiger partial charge in [0.15, 0.2) is 6.10 Å². The average Bonchev–Trinajstić information content (AvgIpc) is 2.47. The van der Waals surface area contributed by atoms with E-state index in [-0.39, 0.29) is 11.3 Å². The Morgan fingerprint density at radius 2 is 1.86 bits per heavy atom. The van der Waals surface area contributed by atoms with Gasteiger partial charge in [-0.05, 0) is 37.3 Å². The van der Waals surface area contributed by atoms with Crippen LogP contribution in [0, 0.1) is 0 Å². The quantitative estimate of drug-likeness (QED) is 0.670. The Bertz CT molecular complexity index is 689. The number of rotatable bonds is 4. The van der Waals surface area contributed by atoms with Gasteiger partial charge in [-0.15, -0.1) is 0 Å². The van der Waals surface area contributed by atoms with Crippen LogP contribution in [0.15, 0.2) is 48.5 Å². The van der Waals surface area contributed by atoms with Crippen molar-refractivity contribution in [2.24, 2.45) is 0 Å². The molecular formula is C16H15ClN2O3. The molecule has 2 rings (SSSR count). The van der Waals surface area contributed by atoms with Crippen molar-refractivity contribution in [2.45, 2.75) is 13.0 Å². The number of nitrogen functional groups attached to an aromatic ring is 1. The fraction of sp³-hybridized carbons (Fsp3) is 0.125. The Hall–Kier alpha value is -2.53. The summed E-state index contributed by atoms with van der Waals surface area (Å²) in [6.45, 7) is 1.49. The summed E-state index contributed by atoms with van der Waals surface area (Å²) in [5.74, 6) is -1.10. The summed E-state index contributed by atoms with van der Waals surface area (Å²) in [7, 11) is 0. The summed E-state index contributed by atoms with van der Waals surface area (Å²) < 4.78 is 5.12. The summed E-state index contributed by atoms with van der Waals surface area (Å²) in [6, 6.07) is 13.3. The molecule has 0 spiro atoms. The third kappa shape index (κ3) is 3.99. The Morgan fingerprint density at radius 1 is 1.18 bits per heavy atom. The van der Waals surface area contributed by atoms with Crippen molar-refractivity contribution in [3.05, 3.63) is 59.1 Å². The lowest BCUT2D eigenvalue weighted by molar-refractivity contribution is -0.123. The molecule has 5 nitrogen and oxygen atoms in total. The molecule has 6 heteroatoms. The zero-order valence-electron chi connectivity index (χ0n) is 11.9. The molecule has 114 valence electrons. The van der Waals surface area contributed by atoms with Crippen molar-refractivity contribution >= 4 is 34.9 Å². The van der Waals surface area contributed by atoms with Crippen LogP contribution in [0.2, 0.25) is 5.02 Å². The van der Waals surface area contributed by atoms with Gasteiger partial charge in [-0.25, -0.2) is 4.79 Å². The molecule has 2 aromatic rings. The largest absolute Gasteiger partial charge is 0.449 e. The number of carbonyl (C=O) groups excluding carboxylic acids is 2. The summed E-state index contributed by atoms with van der Waals surface area (Å²) in [4.78, 5) is 24.0. The molecule has 0 fully saturated rings. The van der Waals surface area contributed by atoms with Gasteiger partial charge in [0.05, 0.1) is 5.56 Å². The maximum atomic E-state index is 12.0. The molecule has 1 atom stereocenters. The van der Waals surface area contributed by atoms with E-state index in [1.54, 1.807) is 24.3 Å². The highest BCUT2D eigenvalue weighted by molar-refractivity contribution is 6.31. The zero-order valence-corrected chi connectivity index (χ0v) is 12.6. The number of esters is 1. The van der Waals surface area contributed by atoms with Gasteiger partial charge in [-0.1, -0.05) is 29.8 Å². The van der Waals surface area contributed by atoms with E-state index in [1.165, 1.54) is 25.1 Å². The highest BCUT2D eigenvalue weighted by atomic mass is 35.5. The molecule has 1 amide bonds. The van der Waals surface area contributed by atoms with E-state index >= 15 is 0 Å². The maximum Gasteiger partial charge on any atom is 0.341 e. The third-order valence-corrected chi connectivity index (χ3v) is 3.16. The summed E-state index contributed by atoms with van der Waals surface area (Å²) >= 11 is 5.77. The molecule has 0 aromatic heterocycles. The standard InChI is InChI=1S/C16H15ClN2O3/c1-10(15(20)19-12-5-3-2-4-6-12)22-16(21)13-8-7-11(17)9-14(13)18/h2-10H,18H2,1H3,(H,19,20)/t10-/m0/s1. The lowest BCUT2D eigenvalue weighted by atomic mass is 10.2. The predicted molar refractivity (Wildman–Crippen MR) is 85.8 cm³/mol. The Morgan fingerprint density at radius 3 is 2.50 bits per heavy atom. The van der Waals surface area contributed by atoms with Crippen molar-refractivity contribution in [3.63, 3.8) is 0 Å². The van der Waals surface area contributed by atoms with E-state index in [0.717, 1.165) is 0 Å². The first-order chi connectivity index (χ1) is 10.5.